The fraction of sp³-hybridized carbons (Fsp3) is 0.125. The molecule has 1 heterocycles. The highest BCUT2D eigenvalue weighted by molar-refractivity contribution is 5.63. The highest BCUT2D eigenvalue weighted by Crippen LogP contribution is 2.32. The molecule has 2 aromatic carbocycles. The van der Waals surface area contributed by atoms with Crippen molar-refractivity contribution in [3.8, 4) is 40.1 Å². The number of rotatable bonds is 4. The van der Waals surface area contributed by atoms with Gasteiger partial charge in [-0.3, -0.25) is 0 Å². The summed E-state index contributed by atoms with van der Waals surface area (Å²) in [5.41, 5.74) is 1.40. The van der Waals surface area contributed by atoms with Crippen molar-refractivity contribution in [3.63, 3.8) is 0 Å². The minimum absolute atomic E-state index is 0.142. The summed E-state index contributed by atoms with van der Waals surface area (Å²) < 4.78 is 15.7. The first-order valence-electron chi connectivity index (χ1n) is 6.57. The largest absolute Gasteiger partial charge is 0.508 e. The summed E-state index contributed by atoms with van der Waals surface area (Å²) in [6.45, 7) is 0. The van der Waals surface area contributed by atoms with Crippen molar-refractivity contribution in [2.24, 2.45) is 0 Å². The number of ether oxygens (including phenoxy) is 2. The fourth-order valence-corrected chi connectivity index (χ4v) is 2.07. The van der Waals surface area contributed by atoms with Gasteiger partial charge in [-0.1, -0.05) is 11.2 Å². The Morgan fingerprint density at radius 1 is 0.955 bits per heavy atom. The topological polar surface area (TPSA) is 77.6 Å². The Morgan fingerprint density at radius 2 is 1.77 bits per heavy atom. The van der Waals surface area contributed by atoms with Gasteiger partial charge in [-0.2, -0.15) is 4.98 Å². The maximum atomic E-state index is 9.50. The maximum Gasteiger partial charge on any atom is 0.258 e. The highest BCUT2D eigenvalue weighted by atomic mass is 16.5. The van der Waals surface area contributed by atoms with Crippen molar-refractivity contribution in [3.05, 3.63) is 42.5 Å². The van der Waals surface area contributed by atoms with Crippen LogP contribution in [0.3, 0.4) is 0 Å². The van der Waals surface area contributed by atoms with Gasteiger partial charge >= 0.3 is 0 Å². The van der Waals surface area contributed by atoms with E-state index in [9.17, 15) is 5.11 Å². The number of hydrogen-bond acceptors (Lipinski definition) is 6. The molecule has 0 atom stereocenters. The summed E-state index contributed by atoms with van der Waals surface area (Å²) in [5.74, 6) is 2.12. The van der Waals surface area contributed by atoms with E-state index in [1.54, 1.807) is 50.6 Å². The third-order valence-electron chi connectivity index (χ3n) is 3.16. The van der Waals surface area contributed by atoms with Crippen LogP contribution >= 0.6 is 0 Å². The third kappa shape index (κ3) is 2.58. The summed E-state index contributed by atoms with van der Waals surface area (Å²) in [6.07, 6.45) is 0. The van der Waals surface area contributed by atoms with Gasteiger partial charge < -0.3 is 19.1 Å². The van der Waals surface area contributed by atoms with Crippen LogP contribution in [0.15, 0.2) is 47.0 Å². The van der Waals surface area contributed by atoms with Crippen LogP contribution in [-0.2, 0) is 0 Å². The summed E-state index contributed by atoms with van der Waals surface area (Å²) in [6, 6.07) is 12.0. The first-order chi connectivity index (χ1) is 10.7. The summed E-state index contributed by atoms with van der Waals surface area (Å²) in [5, 5.41) is 13.5. The maximum absolute atomic E-state index is 9.50. The molecule has 3 rings (SSSR count). The zero-order valence-electron chi connectivity index (χ0n) is 12.1. The van der Waals surface area contributed by atoms with Crippen molar-refractivity contribution in [1.82, 2.24) is 10.1 Å². The van der Waals surface area contributed by atoms with Crippen LogP contribution in [0.4, 0.5) is 0 Å². The average Bonchev–Trinajstić information content (AvgIpc) is 3.04. The van der Waals surface area contributed by atoms with Gasteiger partial charge in [0.2, 0.25) is 5.82 Å². The summed E-state index contributed by atoms with van der Waals surface area (Å²) >= 11 is 0. The first kappa shape index (κ1) is 13.9. The number of methoxy groups -OCH3 is 2. The lowest BCUT2D eigenvalue weighted by molar-refractivity contribution is 0.355. The SMILES string of the molecule is COc1ccc(-c2noc(-c3cccc(O)c3)n2)cc1OC. The van der Waals surface area contributed by atoms with E-state index in [1.165, 1.54) is 0 Å². The van der Waals surface area contributed by atoms with Crippen LogP contribution in [0.5, 0.6) is 17.2 Å². The Morgan fingerprint density at radius 3 is 2.50 bits per heavy atom. The van der Waals surface area contributed by atoms with E-state index in [4.69, 9.17) is 14.0 Å². The smallest absolute Gasteiger partial charge is 0.258 e. The van der Waals surface area contributed by atoms with Crippen molar-refractivity contribution in [1.29, 1.82) is 0 Å². The Balaban J connectivity index is 1.97. The van der Waals surface area contributed by atoms with E-state index >= 15 is 0 Å². The minimum Gasteiger partial charge on any atom is -0.508 e. The number of hydrogen-bond donors (Lipinski definition) is 1. The molecular weight excluding hydrogens is 284 g/mol. The van der Waals surface area contributed by atoms with Crippen LogP contribution in [0.2, 0.25) is 0 Å². The molecule has 0 unspecified atom stereocenters. The van der Waals surface area contributed by atoms with Gasteiger partial charge in [-0.05, 0) is 36.4 Å². The standard InChI is InChI=1S/C16H14N2O4/c1-20-13-7-6-10(9-14(13)21-2)15-17-16(22-18-15)11-4-3-5-12(19)8-11/h3-9,19H,1-2H3. The molecule has 0 bridgehead atoms. The summed E-state index contributed by atoms with van der Waals surface area (Å²) in [4.78, 5) is 4.34. The van der Waals surface area contributed by atoms with Gasteiger partial charge in [0.15, 0.2) is 11.5 Å². The molecule has 0 fully saturated rings. The first-order valence-corrected chi connectivity index (χ1v) is 6.57. The zero-order chi connectivity index (χ0) is 15.5. The molecule has 22 heavy (non-hydrogen) atoms. The fourth-order valence-electron chi connectivity index (χ4n) is 2.07. The lowest BCUT2D eigenvalue weighted by Crippen LogP contribution is -1.91. The molecule has 1 N–H and O–H groups in total. The van der Waals surface area contributed by atoms with Crippen LogP contribution in [0.25, 0.3) is 22.8 Å². The van der Waals surface area contributed by atoms with Crippen LogP contribution in [0, 0.1) is 0 Å². The average molecular weight is 298 g/mol. The number of phenols is 1. The molecule has 112 valence electrons. The lowest BCUT2D eigenvalue weighted by atomic mass is 10.2. The number of aromatic nitrogens is 2. The molecule has 0 aliphatic carbocycles. The van der Waals surface area contributed by atoms with Gasteiger partial charge in [-0.25, -0.2) is 0 Å². The van der Waals surface area contributed by atoms with Gasteiger partial charge in [-0.15, -0.1) is 0 Å². The number of phenolic OH excluding ortho intramolecular Hbond substituents is 1. The van der Waals surface area contributed by atoms with Gasteiger partial charge in [0.05, 0.1) is 14.2 Å². The van der Waals surface area contributed by atoms with E-state index in [0.29, 0.717) is 28.8 Å². The van der Waals surface area contributed by atoms with Gasteiger partial charge in [0.1, 0.15) is 5.75 Å². The lowest BCUT2D eigenvalue weighted by Gasteiger charge is -2.07. The quantitative estimate of drug-likeness (QED) is 0.797. The van der Waals surface area contributed by atoms with E-state index in [-0.39, 0.29) is 5.75 Å². The second-order valence-corrected chi connectivity index (χ2v) is 4.54. The molecule has 6 heteroatoms. The molecule has 0 aliphatic heterocycles. The van der Waals surface area contributed by atoms with E-state index in [0.717, 1.165) is 5.56 Å². The monoisotopic (exact) mass is 298 g/mol. The number of nitrogens with zero attached hydrogens (tertiary/aromatic N) is 2. The molecule has 0 spiro atoms. The van der Waals surface area contributed by atoms with E-state index in [2.05, 4.69) is 10.1 Å². The molecule has 0 radical (unpaired) electrons. The Hall–Kier alpha value is -3.02. The van der Waals surface area contributed by atoms with E-state index < -0.39 is 0 Å². The highest BCUT2D eigenvalue weighted by Gasteiger charge is 2.13. The third-order valence-corrected chi connectivity index (χ3v) is 3.16. The molecular formula is C16H14N2O4. The van der Waals surface area contributed by atoms with Crippen molar-refractivity contribution in [2.75, 3.05) is 14.2 Å². The van der Waals surface area contributed by atoms with Crippen molar-refractivity contribution < 1.29 is 19.1 Å². The van der Waals surface area contributed by atoms with Crippen molar-refractivity contribution >= 4 is 0 Å². The predicted octanol–water partition coefficient (Wildman–Crippen LogP) is 3.13. The molecule has 0 saturated carbocycles. The second kappa shape index (κ2) is 5.77. The Bertz CT molecular complexity index is 798. The Kier molecular flexibility index (Phi) is 3.65. The molecule has 6 nitrogen and oxygen atoms in total. The van der Waals surface area contributed by atoms with Gasteiger partial charge in [0, 0.05) is 11.1 Å². The Labute approximate surface area is 126 Å². The predicted molar refractivity (Wildman–Crippen MR) is 79.9 cm³/mol. The molecule has 3 aromatic rings. The number of benzene rings is 2. The molecule has 1 aromatic heterocycles. The normalized spacial score (nSPS) is 10.5. The number of aromatic hydroxyl groups is 1. The van der Waals surface area contributed by atoms with Crippen LogP contribution in [-0.4, -0.2) is 29.5 Å². The summed E-state index contributed by atoms with van der Waals surface area (Å²) in [7, 11) is 3.14. The van der Waals surface area contributed by atoms with Crippen LogP contribution < -0.4 is 9.47 Å². The zero-order valence-corrected chi connectivity index (χ0v) is 12.1. The van der Waals surface area contributed by atoms with Crippen molar-refractivity contribution in [2.45, 2.75) is 0 Å². The minimum atomic E-state index is 0.142. The molecule has 0 amide bonds. The van der Waals surface area contributed by atoms with Gasteiger partial charge in [0.25, 0.3) is 5.89 Å². The van der Waals surface area contributed by atoms with Crippen LogP contribution in [0.1, 0.15) is 0 Å². The molecule has 0 saturated heterocycles. The van der Waals surface area contributed by atoms with E-state index in [1.807, 2.05) is 6.07 Å². The molecule has 0 aliphatic rings. The second-order valence-electron chi connectivity index (χ2n) is 4.54.